The van der Waals surface area contributed by atoms with Crippen LogP contribution in [0.3, 0.4) is 0 Å². The van der Waals surface area contributed by atoms with Crippen LogP contribution in [0.25, 0.3) is 70.8 Å². The van der Waals surface area contributed by atoms with E-state index in [1.807, 2.05) is 93.0 Å². The molecule has 5 nitrogen and oxygen atoms in total. The first-order valence-corrected chi connectivity index (χ1v) is 25.6. The molecular weight excluding hydrogens is 926 g/mol. The zero-order valence-corrected chi connectivity index (χ0v) is 35.8. The topological polar surface area (TPSA) is 56.5 Å². The Hall–Kier alpha value is -4.86. The van der Waals surface area contributed by atoms with E-state index in [0.717, 1.165) is 82.2 Å². The van der Waals surface area contributed by atoms with Gasteiger partial charge in [0.25, 0.3) is 0 Å². The Morgan fingerprint density at radius 2 is 1.54 bits per heavy atom. The molecule has 0 spiro atoms. The Morgan fingerprint density at radius 3 is 2.24 bits per heavy atom. The molecule has 0 saturated carbocycles. The first kappa shape index (κ1) is 37.5. The molecular formula is C45H36FGeIrN5S-2. The van der Waals surface area contributed by atoms with Gasteiger partial charge in [-0.3, -0.25) is 9.97 Å². The quantitative estimate of drug-likeness (QED) is 0.127. The molecule has 9 aromatic rings. The van der Waals surface area contributed by atoms with Gasteiger partial charge in [0.05, 0.1) is 16.9 Å². The molecule has 0 fully saturated rings. The fraction of sp³-hybridized carbons (Fsp3) is 0.111. The first-order chi connectivity index (χ1) is 25.6. The van der Waals surface area contributed by atoms with E-state index in [4.69, 9.17) is 4.98 Å². The second-order valence-corrected chi connectivity index (χ2v) is 25.7. The fourth-order valence-electron chi connectivity index (χ4n) is 6.63. The van der Waals surface area contributed by atoms with Crippen LogP contribution < -0.4 is 4.40 Å². The molecule has 54 heavy (non-hydrogen) atoms. The average Bonchev–Trinajstić information content (AvgIpc) is 3.74. The maximum Gasteiger partial charge on any atom is 0 e. The van der Waals surface area contributed by atoms with E-state index in [0.29, 0.717) is 0 Å². The fourth-order valence-corrected chi connectivity index (χ4v) is 9.96. The number of fused-ring (bicyclic) bond motifs is 4. The molecule has 1 radical (unpaired) electrons. The Bertz CT molecular complexity index is 2720. The van der Waals surface area contributed by atoms with E-state index in [1.165, 1.54) is 16.5 Å². The Labute approximate surface area is 334 Å². The van der Waals surface area contributed by atoms with E-state index in [9.17, 15) is 4.39 Å². The van der Waals surface area contributed by atoms with Crippen molar-refractivity contribution in [3.8, 4) is 39.5 Å². The first-order valence-electron chi connectivity index (χ1n) is 17.5. The summed E-state index contributed by atoms with van der Waals surface area (Å²) in [5.41, 5.74) is 9.76. The summed E-state index contributed by atoms with van der Waals surface area (Å²) >= 11 is -0.0828. The second kappa shape index (κ2) is 15.5. The minimum absolute atomic E-state index is 0. The van der Waals surface area contributed by atoms with Crippen molar-refractivity contribution in [2.75, 3.05) is 0 Å². The van der Waals surface area contributed by atoms with Crippen molar-refractivity contribution in [1.29, 1.82) is 0 Å². The normalized spacial score (nSPS) is 11.4. The molecule has 0 N–H and O–H groups in total. The van der Waals surface area contributed by atoms with Crippen LogP contribution in [0.5, 0.6) is 0 Å². The second-order valence-electron chi connectivity index (χ2n) is 14.1. The van der Waals surface area contributed by atoms with Crippen LogP contribution in [0.15, 0.2) is 128 Å². The van der Waals surface area contributed by atoms with Crippen LogP contribution in [0, 0.1) is 31.8 Å². The van der Waals surface area contributed by atoms with Crippen molar-refractivity contribution in [3.05, 3.63) is 157 Å². The maximum absolute atomic E-state index is 13.7. The number of thiophene rings is 1. The average molecular weight is 963 g/mol. The Kier molecular flexibility index (Phi) is 10.7. The minimum atomic E-state index is -1.72. The third-order valence-electron chi connectivity index (χ3n) is 9.20. The standard InChI is InChI=1S/C31H20FN4S.C14H16GeN.Ir/c1-18-16-22(17-19(2)34-18)36-27-8-4-3-7-26(27)35-30(36)25-14-13-23(20-9-11-21(32)12-10-20)28-24-6-5-15-33-31(24)37-29(25)28;1-15(2,3)13-9-10-14(16-11-13)12-7-5-4-6-8-12;/h3-13,15-17H,1-2H3;4-7,9-11H,1-3H3;/q2*-1;. The van der Waals surface area contributed by atoms with Gasteiger partial charge in [-0.2, -0.15) is 11.3 Å². The number of imidazole rings is 1. The number of benzene rings is 4. The molecule has 269 valence electrons. The smallest absolute Gasteiger partial charge is 0 e. The van der Waals surface area contributed by atoms with Gasteiger partial charge in [0.1, 0.15) is 10.6 Å². The van der Waals surface area contributed by atoms with E-state index < -0.39 is 13.3 Å². The van der Waals surface area contributed by atoms with E-state index in [1.54, 1.807) is 11.3 Å². The molecule has 9 heteroatoms. The number of rotatable bonds is 5. The van der Waals surface area contributed by atoms with Gasteiger partial charge in [-0.15, -0.1) is 12.1 Å². The van der Waals surface area contributed by atoms with Crippen LogP contribution in [0.2, 0.25) is 17.3 Å². The van der Waals surface area contributed by atoms with Crippen molar-refractivity contribution >= 4 is 60.3 Å². The summed E-state index contributed by atoms with van der Waals surface area (Å²) in [6.45, 7) is 4.02. The summed E-state index contributed by atoms with van der Waals surface area (Å²) in [4.78, 5) is 19.8. The van der Waals surface area contributed by atoms with Crippen molar-refractivity contribution < 1.29 is 24.5 Å². The van der Waals surface area contributed by atoms with Gasteiger partial charge in [0.2, 0.25) is 0 Å². The third-order valence-corrected chi connectivity index (χ3v) is 14.6. The number of aryl methyl sites for hydroxylation is 2. The molecule has 0 unspecified atom stereocenters. The summed E-state index contributed by atoms with van der Waals surface area (Å²) in [7, 11) is 0. The van der Waals surface area contributed by atoms with Crippen LogP contribution >= 0.6 is 11.3 Å². The zero-order chi connectivity index (χ0) is 36.7. The number of halogens is 1. The number of hydrogen-bond acceptors (Lipinski definition) is 5. The summed E-state index contributed by atoms with van der Waals surface area (Å²) in [6, 6.07) is 44.0. The number of hydrogen-bond donors (Lipinski definition) is 0. The Balaban J connectivity index is 0.000000223. The van der Waals surface area contributed by atoms with Crippen LogP contribution in [0.1, 0.15) is 11.4 Å². The van der Waals surface area contributed by atoms with Gasteiger partial charge in [-0.25, -0.2) is 9.37 Å². The zero-order valence-electron chi connectivity index (χ0n) is 30.5. The van der Waals surface area contributed by atoms with E-state index in [-0.39, 0.29) is 25.9 Å². The summed E-state index contributed by atoms with van der Waals surface area (Å²) in [6.07, 6.45) is 3.85. The molecule has 0 bridgehead atoms. The predicted octanol–water partition coefficient (Wildman–Crippen LogP) is 11.2. The Morgan fingerprint density at radius 1 is 0.778 bits per heavy atom. The van der Waals surface area contributed by atoms with E-state index in [2.05, 4.69) is 85.3 Å². The van der Waals surface area contributed by atoms with Gasteiger partial charge < -0.3 is 4.57 Å². The molecule has 0 atom stereocenters. The van der Waals surface area contributed by atoms with Crippen molar-refractivity contribution in [1.82, 2.24) is 24.5 Å². The molecule has 9 rings (SSSR count). The maximum atomic E-state index is 13.7. The molecule has 0 aliphatic heterocycles. The van der Waals surface area contributed by atoms with Gasteiger partial charge in [-0.05, 0) is 61.0 Å². The van der Waals surface area contributed by atoms with Crippen LogP contribution in [-0.4, -0.2) is 37.8 Å². The van der Waals surface area contributed by atoms with Gasteiger partial charge in [0.15, 0.2) is 0 Å². The molecule has 5 aromatic heterocycles. The van der Waals surface area contributed by atoms with Crippen molar-refractivity contribution in [2.45, 2.75) is 31.1 Å². The van der Waals surface area contributed by atoms with Crippen LogP contribution in [-0.2, 0) is 20.1 Å². The SMILES string of the molecule is Cc1cc(-n2c(-c3[c-]cc(-c4ccc(F)cc4)c4c3sc3ncccc34)nc3ccccc32)cc(C)n1.[CH3][Ge]([CH3])([CH3])[c]1ccc(-c2[c-]cccc2)nc1.[Ir]. The monoisotopic (exact) mass is 964 g/mol. The third kappa shape index (κ3) is 7.44. The van der Waals surface area contributed by atoms with E-state index >= 15 is 0 Å². The number of para-hydroxylation sites is 2. The van der Waals surface area contributed by atoms with Crippen molar-refractivity contribution in [2.24, 2.45) is 0 Å². The molecule has 5 heterocycles. The number of nitrogens with zero attached hydrogens (tertiary/aromatic N) is 5. The summed E-state index contributed by atoms with van der Waals surface area (Å²) in [5, 5.41) is 2.14. The summed E-state index contributed by atoms with van der Waals surface area (Å²) in [5.74, 6) is 7.70. The van der Waals surface area contributed by atoms with Gasteiger partial charge >= 0.3 is 99.8 Å². The molecule has 0 amide bonds. The molecule has 0 saturated heterocycles. The van der Waals surface area contributed by atoms with Crippen molar-refractivity contribution in [3.63, 3.8) is 0 Å². The molecule has 4 aromatic carbocycles. The molecule has 0 aliphatic carbocycles. The largest absolute Gasteiger partial charge is 0 e. The van der Waals surface area contributed by atoms with Gasteiger partial charge in [0, 0.05) is 48.8 Å². The number of aromatic nitrogens is 5. The minimum Gasteiger partial charge on any atom is 0 e. The van der Waals surface area contributed by atoms with Gasteiger partial charge in [-0.1, -0.05) is 52.4 Å². The number of pyridine rings is 3. The van der Waals surface area contributed by atoms with Crippen LogP contribution in [0.4, 0.5) is 4.39 Å². The summed E-state index contributed by atoms with van der Waals surface area (Å²) < 4.78 is 18.4. The molecule has 0 aliphatic rings. The predicted molar refractivity (Wildman–Crippen MR) is 220 cm³/mol.